The number of nitrogens with one attached hydrogen (secondary N) is 1. The second-order valence-electron chi connectivity index (χ2n) is 5.66. The Kier molecular flexibility index (Phi) is 7.92. The predicted octanol–water partition coefficient (Wildman–Crippen LogP) is 4.85. The summed E-state index contributed by atoms with van der Waals surface area (Å²) in [6.07, 6.45) is 2.31. The average molecular weight is 440 g/mol. The molecule has 0 bridgehead atoms. The summed E-state index contributed by atoms with van der Waals surface area (Å²) >= 11 is 6.83. The van der Waals surface area contributed by atoms with Crippen LogP contribution in [0, 0.1) is 12.7 Å². The van der Waals surface area contributed by atoms with Crippen molar-refractivity contribution in [3.05, 3.63) is 56.7 Å². The molecule has 1 aromatic carbocycles. The number of carbonyl (C=O) groups is 3. The van der Waals surface area contributed by atoms with Crippen molar-refractivity contribution in [2.45, 2.75) is 20.8 Å². The number of rotatable bonds is 7. The molecule has 1 heterocycles. The molecule has 0 saturated carbocycles. The third-order valence-corrected chi connectivity index (χ3v) is 5.24. The molecule has 0 aliphatic rings. The third kappa shape index (κ3) is 5.42. The van der Waals surface area contributed by atoms with Gasteiger partial charge < -0.3 is 14.8 Å². The van der Waals surface area contributed by atoms with Gasteiger partial charge in [-0.3, -0.25) is 4.79 Å². The van der Waals surface area contributed by atoms with Crippen molar-refractivity contribution in [3.8, 4) is 0 Å². The molecular weight excluding hydrogens is 421 g/mol. The maximum Gasteiger partial charge on any atom is 0.348 e. The number of ether oxygens (including phenoxy) is 2. The fourth-order valence-corrected chi connectivity index (χ4v) is 3.74. The van der Waals surface area contributed by atoms with E-state index in [-0.39, 0.29) is 39.2 Å². The zero-order valence-corrected chi connectivity index (χ0v) is 17.6. The van der Waals surface area contributed by atoms with Gasteiger partial charge in [0.25, 0.3) is 0 Å². The zero-order valence-electron chi connectivity index (χ0n) is 16.0. The van der Waals surface area contributed by atoms with Crippen molar-refractivity contribution in [1.82, 2.24) is 0 Å². The number of hydrogen-bond acceptors (Lipinski definition) is 6. The fraction of sp³-hybridized carbons (Fsp3) is 0.250. The first-order valence-corrected chi connectivity index (χ1v) is 9.90. The van der Waals surface area contributed by atoms with Gasteiger partial charge in [-0.2, -0.15) is 0 Å². The van der Waals surface area contributed by atoms with Gasteiger partial charge in [-0.1, -0.05) is 17.7 Å². The maximum absolute atomic E-state index is 13.8. The lowest BCUT2D eigenvalue weighted by Gasteiger charge is -2.05. The lowest BCUT2D eigenvalue weighted by molar-refractivity contribution is -0.111. The minimum Gasteiger partial charge on any atom is -0.462 e. The van der Waals surface area contributed by atoms with Crippen LogP contribution in [-0.2, 0) is 14.3 Å². The van der Waals surface area contributed by atoms with E-state index in [1.807, 2.05) is 0 Å². The van der Waals surface area contributed by atoms with Crippen LogP contribution in [0.2, 0.25) is 5.02 Å². The van der Waals surface area contributed by atoms with E-state index in [9.17, 15) is 18.8 Å². The second kappa shape index (κ2) is 10.2. The molecule has 0 radical (unpaired) electrons. The summed E-state index contributed by atoms with van der Waals surface area (Å²) in [4.78, 5) is 37.0. The highest BCUT2D eigenvalue weighted by atomic mass is 35.5. The van der Waals surface area contributed by atoms with E-state index in [0.29, 0.717) is 5.56 Å². The lowest BCUT2D eigenvalue weighted by Crippen LogP contribution is -2.13. The van der Waals surface area contributed by atoms with Gasteiger partial charge >= 0.3 is 11.9 Å². The molecule has 29 heavy (non-hydrogen) atoms. The summed E-state index contributed by atoms with van der Waals surface area (Å²) in [5.41, 5.74) is 0.485. The largest absolute Gasteiger partial charge is 0.462 e. The van der Waals surface area contributed by atoms with Gasteiger partial charge in [-0.05, 0) is 44.5 Å². The summed E-state index contributed by atoms with van der Waals surface area (Å²) in [6, 6.07) is 4.16. The van der Waals surface area contributed by atoms with Gasteiger partial charge in [0.2, 0.25) is 5.91 Å². The number of carbonyl (C=O) groups excluding carboxylic acids is 3. The van der Waals surface area contributed by atoms with Crippen LogP contribution in [0.25, 0.3) is 6.08 Å². The highest BCUT2D eigenvalue weighted by Crippen LogP contribution is 2.34. The van der Waals surface area contributed by atoms with Gasteiger partial charge in [0.05, 0.1) is 23.8 Å². The first-order valence-electron chi connectivity index (χ1n) is 8.70. The number of halogens is 2. The van der Waals surface area contributed by atoms with Crippen molar-refractivity contribution < 1.29 is 28.2 Å². The number of hydrogen-bond donors (Lipinski definition) is 1. The fourth-order valence-electron chi connectivity index (χ4n) is 2.42. The van der Waals surface area contributed by atoms with Gasteiger partial charge in [-0.25, -0.2) is 14.0 Å². The molecule has 1 amide bonds. The Hall–Kier alpha value is -2.71. The Morgan fingerprint density at radius 1 is 1.17 bits per heavy atom. The van der Waals surface area contributed by atoms with Gasteiger partial charge in [-0.15, -0.1) is 11.3 Å². The van der Waals surface area contributed by atoms with E-state index in [1.54, 1.807) is 20.8 Å². The molecular formula is C20H19ClFNO5S. The monoisotopic (exact) mass is 439 g/mol. The quantitative estimate of drug-likeness (QED) is 0.492. The Bertz CT molecular complexity index is 950. The van der Waals surface area contributed by atoms with E-state index < -0.39 is 23.7 Å². The Labute approximate surface area is 176 Å². The molecule has 9 heteroatoms. The second-order valence-corrected chi connectivity index (χ2v) is 7.09. The Balaban J connectivity index is 2.33. The molecule has 1 aromatic heterocycles. The van der Waals surface area contributed by atoms with Crippen molar-refractivity contribution in [2.24, 2.45) is 0 Å². The van der Waals surface area contributed by atoms with Crippen molar-refractivity contribution >= 4 is 51.9 Å². The van der Waals surface area contributed by atoms with Crippen LogP contribution in [0.15, 0.2) is 24.3 Å². The number of esters is 2. The van der Waals surface area contributed by atoms with Crippen LogP contribution in [0.4, 0.5) is 9.39 Å². The van der Waals surface area contributed by atoms with Crippen LogP contribution >= 0.6 is 22.9 Å². The number of amides is 1. The number of thiophene rings is 1. The third-order valence-electron chi connectivity index (χ3n) is 3.72. The summed E-state index contributed by atoms with van der Waals surface area (Å²) in [7, 11) is 0. The van der Waals surface area contributed by atoms with Crippen LogP contribution in [0.1, 0.15) is 45.0 Å². The molecule has 154 valence electrons. The van der Waals surface area contributed by atoms with E-state index in [0.717, 1.165) is 17.4 Å². The SMILES string of the molecule is CCOC(=O)c1sc(NC(=O)/C=C/c2c(F)cccc2Cl)c(C(=O)OCC)c1C. The maximum atomic E-state index is 13.8. The van der Waals surface area contributed by atoms with Gasteiger partial charge in [0.15, 0.2) is 0 Å². The molecule has 2 aromatic rings. The van der Waals surface area contributed by atoms with E-state index >= 15 is 0 Å². The van der Waals surface area contributed by atoms with E-state index in [4.69, 9.17) is 21.1 Å². The molecule has 0 saturated heterocycles. The molecule has 1 N–H and O–H groups in total. The highest BCUT2D eigenvalue weighted by molar-refractivity contribution is 7.18. The molecule has 0 spiro atoms. The lowest BCUT2D eigenvalue weighted by atomic mass is 10.1. The first-order chi connectivity index (χ1) is 13.8. The van der Waals surface area contributed by atoms with E-state index in [1.165, 1.54) is 24.3 Å². The minimum atomic E-state index is -0.673. The van der Waals surface area contributed by atoms with Gasteiger partial charge in [0, 0.05) is 11.6 Å². The molecule has 0 atom stereocenters. The van der Waals surface area contributed by atoms with Crippen molar-refractivity contribution in [1.29, 1.82) is 0 Å². The minimum absolute atomic E-state index is 0.0597. The summed E-state index contributed by atoms with van der Waals surface area (Å²) in [6.45, 7) is 5.17. The first kappa shape index (κ1) is 22.6. The van der Waals surface area contributed by atoms with E-state index in [2.05, 4.69) is 5.32 Å². The predicted molar refractivity (Wildman–Crippen MR) is 110 cm³/mol. The van der Waals surface area contributed by atoms with Crippen LogP contribution < -0.4 is 5.32 Å². The molecule has 0 unspecified atom stereocenters. The zero-order chi connectivity index (χ0) is 21.6. The van der Waals surface area contributed by atoms with Crippen molar-refractivity contribution in [3.63, 3.8) is 0 Å². The normalized spacial score (nSPS) is 10.8. The summed E-state index contributed by atoms with van der Waals surface area (Å²) in [5, 5.41) is 2.82. The van der Waals surface area contributed by atoms with Crippen LogP contribution in [0.5, 0.6) is 0 Å². The topological polar surface area (TPSA) is 81.7 Å². The van der Waals surface area contributed by atoms with Crippen molar-refractivity contribution in [2.75, 3.05) is 18.5 Å². The smallest absolute Gasteiger partial charge is 0.348 e. The molecule has 0 aliphatic heterocycles. The van der Waals surface area contributed by atoms with Crippen LogP contribution in [-0.4, -0.2) is 31.1 Å². The summed E-state index contributed by atoms with van der Waals surface area (Å²) < 4.78 is 23.8. The Morgan fingerprint density at radius 3 is 2.45 bits per heavy atom. The number of benzene rings is 1. The summed E-state index contributed by atoms with van der Waals surface area (Å²) in [5.74, 6) is -2.49. The molecule has 0 fully saturated rings. The van der Waals surface area contributed by atoms with Gasteiger partial charge in [0.1, 0.15) is 15.7 Å². The molecule has 2 rings (SSSR count). The molecule has 0 aliphatic carbocycles. The molecule has 6 nitrogen and oxygen atoms in total. The highest BCUT2D eigenvalue weighted by Gasteiger charge is 2.27. The van der Waals surface area contributed by atoms with Crippen LogP contribution in [0.3, 0.4) is 0 Å². The Morgan fingerprint density at radius 2 is 1.83 bits per heavy atom. The standard InChI is InChI=1S/C20H19ClFNO5S/c1-4-27-19(25)16-11(3)17(20(26)28-5-2)29-18(16)23-15(24)10-9-12-13(21)7-6-8-14(12)22/h6-10H,4-5H2,1-3H3,(H,23,24)/b10-9+. The average Bonchev–Trinajstić information content (AvgIpc) is 2.97. The number of anilines is 1.